The molecule has 0 aliphatic rings. The van der Waals surface area contributed by atoms with E-state index in [1.165, 1.54) is 11.3 Å². The lowest BCUT2D eigenvalue weighted by atomic mass is 10.3. The Labute approximate surface area is 81.1 Å². The number of rotatable bonds is 4. The van der Waals surface area contributed by atoms with Crippen LogP contribution in [0, 0.1) is 0 Å². The molecule has 4 nitrogen and oxygen atoms in total. The Balaban J connectivity index is 2.91. The van der Waals surface area contributed by atoms with Crippen LogP contribution in [0.3, 0.4) is 0 Å². The maximum absolute atomic E-state index is 8.82. The maximum Gasteiger partial charge on any atom is 0.218 e. The first-order valence-corrected chi connectivity index (χ1v) is 4.70. The molecule has 0 radical (unpaired) electrons. The van der Waals surface area contributed by atoms with Gasteiger partial charge in [-0.15, -0.1) is 11.3 Å². The van der Waals surface area contributed by atoms with Gasteiger partial charge in [-0.25, -0.2) is 4.98 Å². The second kappa shape index (κ2) is 4.15. The molecule has 5 heteroatoms. The van der Waals surface area contributed by atoms with Crippen molar-refractivity contribution in [2.45, 2.75) is 19.3 Å². The predicted molar refractivity (Wildman–Crippen MR) is 49.4 cm³/mol. The molecule has 0 aromatic carbocycles. The van der Waals surface area contributed by atoms with Crippen LogP contribution in [0.25, 0.3) is 0 Å². The maximum atomic E-state index is 8.82. The van der Waals surface area contributed by atoms with Gasteiger partial charge in [0.25, 0.3) is 0 Å². The van der Waals surface area contributed by atoms with Crippen LogP contribution in [0.1, 0.15) is 17.6 Å². The van der Waals surface area contributed by atoms with Gasteiger partial charge in [0, 0.05) is 19.6 Å². The van der Waals surface area contributed by atoms with Crippen molar-refractivity contribution in [1.29, 1.82) is 0 Å². The standard InChI is InChI=1S/C8H13NO3S/c1-8(11-2,12-3)7-9-6(4-10)5-13-7/h5,10H,4H2,1-3H3. The van der Waals surface area contributed by atoms with Gasteiger partial charge in [-0.05, 0) is 6.92 Å². The third-order valence-electron chi connectivity index (χ3n) is 1.88. The van der Waals surface area contributed by atoms with Crippen molar-refractivity contribution in [2.24, 2.45) is 0 Å². The van der Waals surface area contributed by atoms with Gasteiger partial charge >= 0.3 is 0 Å². The number of hydrogen-bond acceptors (Lipinski definition) is 5. The molecule has 0 fully saturated rings. The number of hydrogen-bond donors (Lipinski definition) is 1. The van der Waals surface area contributed by atoms with E-state index in [0.717, 1.165) is 0 Å². The molecule has 1 N–H and O–H groups in total. The molecule has 0 aliphatic carbocycles. The summed E-state index contributed by atoms with van der Waals surface area (Å²) in [5, 5.41) is 11.3. The number of aromatic nitrogens is 1. The van der Waals surface area contributed by atoms with Gasteiger partial charge in [-0.1, -0.05) is 0 Å². The lowest BCUT2D eigenvalue weighted by Crippen LogP contribution is -2.26. The molecule has 0 saturated heterocycles. The third kappa shape index (κ3) is 2.05. The zero-order valence-electron chi connectivity index (χ0n) is 7.90. The average molecular weight is 203 g/mol. The monoisotopic (exact) mass is 203 g/mol. The van der Waals surface area contributed by atoms with Crippen molar-refractivity contribution < 1.29 is 14.6 Å². The van der Waals surface area contributed by atoms with E-state index >= 15 is 0 Å². The van der Waals surface area contributed by atoms with Gasteiger partial charge in [0.15, 0.2) is 5.01 Å². The Morgan fingerprint density at radius 2 is 2.15 bits per heavy atom. The highest BCUT2D eigenvalue weighted by atomic mass is 32.1. The topological polar surface area (TPSA) is 51.6 Å². The second-order valence-electron chi connectivity index (χ2n) is 2.66. The van der Waals surface area contributed by atoms with Gasteiger partial charge in [0.05, 0.1) is 12.3 Å². The highest BCUT2D eigenvalue weighted by Crippen LogP contribution is 2.28. The Hall–Kier alpha value is -0.490. The SMILES string of the molecule is COC(C)(OC)c1nc(CO)cs1. The van der Waals surface area contributed by atoms with Crippen molar-refractivity contribution in [3.05, 3.63) is 16.1 Å². The highest BCUT2D eigenvalue weighted by molar-refractivity contribution is 7.09. The quantitative estimate of drug-likeness (QED) is 0.744. The van der Waals surface area contributed by atoms with E-state index in [9.17, 15) is 0 Å². The molecule has 0 atom stereocenters. The van der Waals surface area contributed by atoms with Crippen LogP contribution in [0.5, 0.6) is 0 Å². The van der Waals surface area contributed by atoms with Gasteiger partial charge in [-0.3, -0.25) is 0 Å². The Kier molecular flexibility index (Phi) is 3.38. The molecule has 1 aromatic rings. The largest absolute Gasteiger partial charge is 0.390 e. The van der Waals surface area contributed by atoms with E-state index < -0.39 is 5.79 Å². The number of aliphatic hydroxyl groups excluding tert-OH is 1. The number of thiazole rings is 1. The van der Waals surface area contributed by atoms with Crippen LogP contribution in [0.4, 0.5) is 0 Å². The van der Waals surface area contributed by atoms with Gasteiger partial charge in [0.2, 0.25) is 5.79 Å². The minimum absolute atomic E-state index is 0.0555. The summed E-state index contributed by atoms with van der Waals surface area (Å²) in [6.07, 6.45) is 0. The number of ether oxygens (including phenoxy) is 2. The molecule has 1 rings (SSSR count). The fraction of sp³-hybridized carbons (Fsp3) is 0.625. The van der Waals surface area contributed by atoms with E-state index in [1.807, 2.05) is 0 Å². The molecular weight excluding hydrogens is 190 g/mol. The fourth-order valence-corrected chi connectivity index (χ4v) is 1.77. The van der Waals surface area contributed by atoms with Crippen molar-refractivity contribution in [3.8, 4) is 0 Å². The summed E-state index contributed by atoms with van der Waals surface area (Å²) in [6, 6.07) is 0. The van der Waals surface area contributed by atoms with Crippen molar-refractivity contribution in [1.82, 2.24) is 4.98 Å². The molecule has 0 unspecified atom stereocenters. The lowest BCUT2D eigenvalue weighted by molar-refractivity contribution is -0.201. The minimum Gasteiger partial charge on any atom is -0.390 e. The molecule has 1 heterocycles. The average Bonchev–Trinajstić information content (AvgIpc) is 2.65. The van der Waals surface area contributed by atoms with E-state index in [-0.39, 0.29) is 6.61 Å². The van der Waals surface area contributed by atoms with E-state index in [2.05, 4.69) is 4.98 Å². The first kappa shape index (κ1) is 10.6. The zero-order chi connectivity index (χ0) is 9.90. The van der Waals surface area contributed by atoms with Crippen LogP contribution in [-0.4, -0.2) is 24.3 Å². The second-order valence-corrected chi connectivity index (χ2v) is 3.51. The molecule has 0 aliphatic heterocycles. The highest BCUT2D eigenvalue weighted by Gasteiger charge is 2.29. The first-order valence-electron chi connectivity index (χ1n) is 3.82. The number of methoxy groups -OCH3 is 2. The zero-order valence-corrected chi connectivity index (χ0v) is 8.72. The van der Waals surface area contributed by atoms with Gasteiger partial charge in [0.1, 0.15) is 0 Å². The Morgan fingerprint density at radius 3 is 2.54 bits per heavy atom. The van der Waals surface area contributed by atoms with Crippen molar-refractivity contribution >= 4 is 11.3 Å². The Bertz CT molecular complexity index is 270. The lowest BCUT2D eigenvalue weighted by Gasteiger charge is -2.23. The predicted octanol–water partition coefficient (Wildman–Crippen LogP) is 1.10. The smallest absolute Gasteiger partial charge is 0.218 e. The summed E-state index contributed by atoms with van der Waals surface area (Å²) in [6.45, 7) is 1.73. The molecule has 0 saturated carbocycles. The summed E-state index contributed by atoms with van der Waals surface area (Å²) < 4.78 is 10.3. The molecule has 0 bridgehead atoms. The molecule has 13 heavy (non-hydrogen) atoms. The minimum atomic E-state index is -0.807. The summed E-state index contributed by atoms with van der Waals surface area (Å²) in [4.78, 5) is 4.16. The van der Waals surface area contributed by atoms with E-state index in [4.69, 9.17) is 14.6 Å². The van der Waals surface area contributed by atoms with Crippen LogP contribution < -0.4 is 0 Å². The first-order chi connectivity index (χ1) is 6.16. The number of nitrogens with zero attached hydrogens (tertiary/aromatic N) is 1. The van der Waals surface area contributed by atoms with Crippen LogP contribution >= 0.6 is 11.3 Å². The summed E-state index contributed by atoms with van der Waals surface area (Å²) in [7, 11) is 3.12. The summed E-state index contributed by atoms with van der Waals surface area (Å²) in [5.41, 5.74) is 0.639. The molecule has 74 valence electrons. The summed E-state index contributed by atoms with van der Waals surface area (Å²) in [5.74, 6) is -0.807. The van der Waals surface area contributed by atoms with Gasteiger partial charge in [-0.2, -0.15) is 0 Å². The normalized spacial score (nSPS) is 12.0. The Morgan fingerprint density at radius 1 is 1.54 bits per heavy atom. The third-order valence-corrected chi connectivity index (χ3v) is 2.96. The van der Waals surface area contributed by atoms with Crippen molar-refractivity contribution in [2.75, 3.05) is 14.2 Å². The van der Waals surface area contributed by atoms with E-state index in [0.29, 0.717) is 10.7 Å². The fourth-order valence-electron chi connectivity index (χ4n) is 0.846. The number of aliphatic hydroxyl groups is 1. The molecular formula is C8H13NO3S. The molecule has 0 amide bonds. The molecule has 1 aromatic heterocycles. The van der Waals surface area contributed by atoms with Crippen LogP contribution in [0.2, 0.25) is 0 Å². The van der Waals surface area contributed by atoms with Gasteiger partial charge < -0.3 is 14.6 Å². The van der Waals surface area contributed by atoms with Crippen LogP contribution in [0.15, 0.2) is 5.38 Å². The van der Waals surface area contributed by atoms with Crippen LogP contribution in [-0.2, 0) is 21.9 Å². The van der Waals surface area contributed by atoms with E-state index in [1.54, 1.807) is 26.5 Å². The summed E-state index contributed by atoms with van der Waals surface area (Å²) >= 11 is 1.41. The van der Waals surface area contributed by atoms with Crippen molar-refractivity contribution in [3.63, 3.8) is 0 Å². The molecule has 0 spiro atoms.